The predicted octanol–water partition coefficient (Wildman–Crippen LogP) is 3.74. The number of nitrogens with two attached hydrogens (primary N) is 1. The minimum Gasteiger partial charge on any atom is -0.398 e. The fourth-order valence-corrected chi connectivity index (χ4v) is 2.55. The molecule has 1 nitrogen and oxygen atoms in total. The topological polar surface area (TPSA) is 26.0 Å². The van der Waals surface area contributed by atoms with Gasteiger partial charge in [-0.25, -0.2) is 4.39 Å². The predicted molar refractivity (Wildman–Crippen MR) is 71.7 cm³/mol. The van der Waals surface area contributed by atoms with E-state index in [1.54, 1.807) is 17.8 Å². The fraction of sp³-hybridized carbons (Fsp3) is 0.143. The smallest absolute Gasteiger partial charge is 0.124 e. The molecule has 0 aliphatic rings. The molecule has 0 saturated heterocycles. The Morgan fingerprint density at radius 3 is 2.59 bits per heavy atom. The molecule has 0 spiro atoms. The van der Waals surface area contributed by atoms with Gasteiger partial charge >= 0.3 is 0 Å². The number of nitrogen functional groups attached to an aromatic ring is 1. The lowest BCUT2D eigenvalue weighted by Gasteiger charge is -2.05. The van der Waals surface area contributed by atoms with Crippen molar-refractivity contribution in [2.75, 3.05) is 11.5 Å². The number of rotatable bonds is 4. The highest BCUT2D eigenvalue weighted by molar-refractivity contribution is 7.99. The maximum Gasteiger partial charge on any atom is 0.124 e. The van der Waals surface area contributed by atoms with Gasteiger partial charge in [0, 0.05) is 16.3 Å². The van der Waals surface area contributed by atoms with Crippen molar-refractivity contribution in [2.24, 2.45) is 0 Å². The van der Waals surface area contributed by atoms with E-state index in [0.717, 1.165) is 17.1 Å². The summed E-state index contributed by atoms with van der Waals surface area (Å²) in [4.78, 5) is 0.820. The molecule has 2 aromatic carbocycles. The summed E-state index contributed by atoms with van der Waals surface area (Å²) in [5, 5.41) is 0. The third-order valence-corrected chi connectivity index (χ3v) is 3.54. The summed E-state index contributed by atoms with van der Waals surface area (Å²) < 4.78 is 13.0. The molecule has 2 N–H and O–H groups in total. The second kappa shape index (κ2) is 5.73. The van der Waals surface area contributed by atoms with Crippen LogP contribution in [0.1, 0.15) is 5.56 Å². The van der Waals surface area contributed by atoms with Gasteiger partial charge in [-0.2, -0.15) is 0 Å². The zero-order chi connectivity index (χ0) is 12.1. The normalized spacial score (nSPS) is 10.4. The third-order valence-electron chi connectivity index (χ3n) is 2.47. The first kappa shape index (κ1) is 12.0. The van der Waals surface area contributed by atoms with Crippen LogP contribution in [0.15, 0.2) is 53.4 Å². The van der Waals surface area contributed by atoms with Gasteiger partial charge in [0.1, 0.15) is 5.82 Å². The molecule has 0 amide bonds. The molecule has 3 heteroatoms. The summed E-state index contributed by atoms with van der Waals surface area (Å²) in [6, 6.07) is 14.7. The molecule has 2 rings (SSSR count). The van der Waals surface area contributed by atoms with Crippen LogP contribution < -0.4 is 5.73 Å². The van der Waals surface area contributed by atoms with Crippen molar-refractivity contribution in [3.05, 3.63) is 59.9 Å². The van der Waals surface area contributed by atoms with E-state index < -0.39 is 0 Å². The SMILES string of the molecule is Nc1ccc(F)cc1SCCc1ccccc1. The third kappa shape index (κ3) is 3.49. The first-order chi connectivity index (χ1) is 8.25. The molecule has 0 bridgehead atoms. The van der Waals surface area contributed by atoms with Gasteiger partial charge in [-0.3, -0.25) is 0 Å². The molecular weight excluding hydrogens is 233 g/mol. The second-order valence-electron chi connectivity index (χ2n) is 3.77. The van der Waals surface area contributed by atoms with Crippen molar-refractivity contribution < 1.29 is 4.39 Å². The molecule has 88 valence electrons. The Labute approximate surface area is 105 Å². The van der Waals surface area contributed by atoms with Gasteiger partial charge in [-0.1, -0.05) is 30.3 Å². The summed E-state index contributed by atoms with van der Waals surface area (Å²) in [6.45, 7) is 0. The van der Waals surface area contributed by atoms with Gasteiger partial charge in [0.15, 0.2) is 0 Å². The summed E-state index contributed by atoms with van der Waals surface area (Å²) in [5.74, 6) is 0.666. The highest BCUT2D eigenvalue weighted by Gasteiger charge is 2.02. The maximum absolute atomic E-state index is 13.0. The molecule has 0 fully saturated rings. The largest absolute Gasteiger partial charge is 0.398 e. The van der Waals surface area contributed by atoms with Gasteiger partial charge in [0.25, 0.3) is 0 Å². The maximum atomic E-state index is 13.0. The minimum atomic E-state index is -0.235. The van der Waals surface area contributed by atoms with Crippen molar-refractivity contribution in [3.8, 4) is 0 Å². The van der Waals surface area contributed by atoms with E-state index in [1.165, 1.54) is 17.7 Å². The zero-order valence-corrected chi connectivity index (χ0v) is 10.2. The van der Waals surface area contributed by atoms with E-state index in [1.807, 2.05) is 18.2 Å². The van der Waals surface area contributed by atoms with Crippen LogP contribution in [0.25, 0.3) is 0 Å². The summed E-state index contributed by atoms with van der Waals surface area (Å²) in [7, 11) is 0. The molecule has 2 aromatic rings. The lowest BCUT2D eigenvalue weighted by atomic mass is 10.2. The van der Waals surface area contributed by atoms with E-state index in [4.69, 9.17) is 5.73 Å². The summed E-state index contributed by atoms with van der Waals surface area (Å²) in [6.07, 6.45) is 0.960. The number of anilines is 1. The minimum absolute atomic E-state index is 0.235. The van der Waals surface area contributed by atoms with Crippen LogP contribution in [-0.2, 0) is 6.42 Å². The molecule has 17 heavy (non-hydrogen) atoms. The number of hydrogen-bond donors (Lipinski definition) is 1. The first-order valence-electron chi connectivity index (χ1n) is 5.47. The van der Waals surface area contributed by atoms with Gasteiger partial charge in [-0.05, 0) is 30.2 Å². The Kier molecular flexibility index (Phi) is 4.04. The number of hydrogen-bond acceptors (Lipinski definition) is 2. The van der Waals surface area contributed by atoms with Crippen molar-refractivity contribution in [2.45, 2.75) is 11.3 Å². The molecule has 0 atom stereocenters. The number of halogens is 1. The van der Waals surface area contributed by atoms with E-state index in [2.05, 4.69) is 12.1 Å². The Morgan fingerprint density at radius 2 is 1.82 bits per heavy atom. The van der Waals surface area contributed by atoms with Gasteiger partial charge < -0.3 is 5.73 Å². The van der Waals surface area contributed by atoms with Crippen LogP contribution in [0.5, 0.6) is 0 Å². The molecule has 0 saturated carbocycles. The van der Waals surface area contributed by atoms with Crippen LogP contribution in [-0.4, -0.2) is 5.75 Å². The van der Waals surface area contributed by atoms with Crippen LogP contribution in [0.3, 0.4) is 0 Å². The van der Waals surface area contributed by atoms with E-state index in [9.17, 15) is 4.39 Å². The standard InChI is InChI=1S/C14H14FNS/c15-12-6-7-13(16)14(10-12)17-9-8-11-4-2-1-3-5-11/h1-7,10H,8-9,16H2. The number of benzene rings is 2. The van der Waals surface area contributed by atoms with Crippen LogP contribution in [0, 0.1) is 5.82 Å². The van der Waals surface area contributed by atoms with Crippen molar-refractivity contribution in [1.29, 1.82) is 0 Å². The van der Waals surface area contributed by atoms with Gasteiger partial charge in [0.05, 0.1) is 0 Å². The monoisotopic (exact) mass is 247 g/mol. The second-order valence-corrected chi connectivity index (χ2v) is 4.90. The molecule has 0 heterocycles. The summed E-state index contributed by atoms with van der Waals surface area (Å²) >= 11 is 1.59. The van der Waals surface area contributed by atoms with Crippen molar-refractivity contribution >= 4 is 17.4 Å². The molecule has 0 aromatic heterocycles. The van der Waals surface area contributed by atoms with Crippen LogP contribution in [0.4, 0.5) is 10.1 Å². The molecular formula is C14H14FNS. The lowest BCUT2D eigenvalue weighted by molar-refractivity contribution is 0.624. The highest BCUT2D eigenvalue weighted by atomic mass is 32.2. The molecule has 0 aliphatic carbocycles. The molecule has 0 unspecified atom stereocenters. The number of aryl methyl sites for hydroxylation is 1. The molecule has 0 aliphatic heterocycles. The highest BCUT2D eigenvalue weighted by Crippen LogP contribution is 2.26. The quantitative estimate of drug-likeness (QED) is 0.658. The Balaban J connectivity index is 1.92. The van der Waals surface area contributed by atoms with Crippen LogP contribution in [0.2, 0.25) is 0 Å². The Hall–Kier alpha value is -1.48. The Morgan fingerprint density at radius 1 is 1.06 bits per heavy atom. The van der Waals surface area contributed by atoms with Gasteiger partial charge in [-0.15, -0.1) is 11.8 Å². The molecule has 0 radical (unpaired) electrons. The van der Waals surface area contributed by atoms with Crippen molar-refractivity contribution in [3.63, 3.8) is 0 Å². The fourth-order valence-electron chi connectivity index (χ4n) is 1.56. The van der Waals surface area contributed by atoms with Gasteiger partial charge in [0.2, 0.25) is 0 Å². The van der Waals surface area contributed by atoms with E-state index in [0.29, 0.717) is 5.69 Å². The summed E-state index contributed by atoms with van der Waals surface area (Å²) in [5.41, 5.74) is 7.71. The lowest BCUT2D eigenvalue weighted by Crippen LogP contribution is -1.92. The zero-order valence-electron chi connectivity index (χ0n) is 9.40. The van der Waals surface area contributed by atoms with E-state index in [-0.39, 0.29) is 5.82 Å². The van der Waals surface area contributed by atoms with E-state index >= 15 is 0 Å². The Bertz CT molecular complexity index is 485. The van der Waals surface area contributed by atoms with Crippen LogP contribution >= 0.6 is 11.8 Å². The van der Waals surface area contributed by atoms with Crippen molar-refractivity contribution in [1.82, 2.24) is 0 Å². The number of thioether (sulfide) groups is 1. The average Bonchev–Trinajstić information content (AvgIpc) is 2.35. The average molecular weight is 247 g/mol. The first-order valence-corrected chi connectivity index (χ1v) is 6.46.